The van der Waals surface area contributed by atoms with Crippen LogP contribution in [0.2, 0.25) is 0 Å². The zero-order valence-corrected chi connectivity index (χ0v) is 15.9. The zero-order chi connectivity index (χ0) is 20.4. The number of nitrogens with zero attached hydrogens (tertiary/aromatic N) is 1. The summed E-state index contributed by atoms with van der Waals surface area (Å²) in [6, 6.07) is 12.6. The number of carbonyl (C=O) groups is 1. The molecule has 1 aromatic heterocycles. The molecular weight excluding hydrogens is 374 g/mol. The third kappa shape index (κ3) is 4.27. The lowest BCUT2D eigenvalue weighted by molar-refractivity contribution is 0.0714. The van der Waals surface area contributed by atoms with Crippen LogP contribution in [0.3, 0.4) is 0 Å². The molecule has 0 radical (unpaired) electrons. The molecule has 6 heteroatoms. The Kier molecular flexibility index (Phi) is 5.53. The van der Waals surface area contributed by atoms with Gasteiger partial charge >= 0.3 is 0 Å². The molecule has 1 aliphatic rings. The molecule has 1 fully saturated rings. The van der Waals surface area contributed by atoms with Gasteiger partial charge in [-0.15, -0.1) is 0 Å². The minimum absolute atomic E-state index is 0.249. The molecule has 2 aromatic carbocycles. The van der Waals surface area contributed by atoms with Crippen LogP contribution < -0.4 is 5.32 Å². The van der Waals surface area contributed by atoms with E-state index in [-0.39, 0.29) is 17.6 Å². The second-order valence-corrected chi connectivity index (χ2v) is 7.54. The summed E-state index contributed by atoms with van der Waals surface area (Å²) in [4.78, 5) is 17.3. The Bertz CT molecular complexity index is 1050. The molecule has 0 bridgehead atoms. The lowest BCUT2D eigenvalue weighted by Crippen LogP contribution is -2.45. The van der Waals surface area contributed by atoms with E-state index in [0.29, 0.717) is 23.9 Å². The Morgan fingerprint density at radius 1 is 1.07 bits per heavy atom. The van der Waals surface area contributed by atoms with Crippen molar-refractivity contribution < 1.29 is 18.7 Å². The Labute approximate surface area is 167 Å². The van der Waals surface area contributed by atoms with E-state index in [1.54, 1.807) is 6.07 Å². The fourth-order valence-corrected chi connectivity index (χ4v) is 3.90. The topological polar surface area (TPSA) is 62.2 Å². The van der Waals surface area contributed by atoms with Crippen molar-refractivity contribution in [2.75, 3.05) is 0 Å². The molecule has 1 amide bonds. The summed E-state index contributed by atoms with van der Waals surface area (Å²) in [6.45, 7) is 0. The van der Waals surface area contributed by atoms with E-state index < -0.39 is 17.7 Å². The maximum atomic E-state index is 13.6. The number of carbonyl (C=O) groups excluding carboxylic acids is 1. The first-order chi connectivity index (χ1) is 14.0. The molecule has 2 atom stereocenters. The van der Waals surface area contributed by atoms with Gasteiger partial charge in [-0.25, -0.2) is 13.8 Å². The van der Waals surface area contributed by atoms with Gasteiger partial charge in [-0.1, -0.05) is 37.1 Å². The minimum atomic E-state index is -0.898. The van der Waals surface area contributed by atoms with Crippen molar-refractivity contribution in [2.24, 2.45) is 0 Å². The monoisotopic (exact) mass is 396 g/mol. The van der Waals surface area contributed by atoms with E-state index >= 15 is 0 Å². The van der Waals surface area contributed by atoms with Gasteiger partial charge in [-0.05, 0) is 54.7 Å². The first-order valence-corrected chi connectivity index (χ1v) is 9.83. The number of pyridine rings is 1. The first-order valence-electron chi connectivity index (χ1n) is 9.83. The SMILES string of the molecule is O=C(N[C@H]1CCCC[C@@H]1O)c1cc(Cc2ccc(F)c(F)c2)c2ccccc2n1. The van der Waals surface area contributed by atoms with Gasteiger partial charge in [0.05, 0.1) is 17.7 Å². The number of aliphatic hydroxyl groups excluding tert-OH is 1. The molecule has 1 saturated carbocycles. The van der Waals surface area contributed by atoms with Gasteiger partial charge in [0.15, 0.2) is 11.6 Å². The van der Waals surface area contributed by atoms with Crippen molar-refractivity contribution in [1.29, 1.82) is 0 Å². The molecular formula is C23H22F2N2O2. The van der Waals surface area contributed by atoms with Crippen molar-refractivity contribution in [3.8, 4) is 0 Å². The molecule has 1 heterocycles. The van der Waals surface area contributed by atoms with Gasteiger partial charge in [0.1, 0.15) is 5.69 Å². The summed E-state index contributed by atoms with van der Waals surface area (Å²) in [5, 5.41) is 13.9. The number of nitrogens with one attached hydrogen (secondary N) is 1. The summed E-state index contributed by atoms with van der Waals surface area (Å²) < 4.78 is 26.9. The summed E-state index contributed by atoms with van der Waals surface area (Å²) in [5.74, 6) is -2.13. The number of hydrogen-bond acceptors (Lipinski definition) is 3. The molecule has 0 spiro atoms. The van der Waals surface area contributed by atoms with Crippen LogP contribution in [0.25, 0.3) is 10.9 Å². The van der Waals surface area contributed by atoms with Crippen molar-refractivity contribution in [1.82, 2.24) is 10.3 Å². The van der Waals surface area contributed by atoms with Gasteiger partial charge in [0, 0.05) is 5.39 Å². The van der Waals surface area contributed by atoms with Crippen LogP contribution in [-0.4, -0.2) is 28.1 Å². The largest absolute Gasteiger partial charge is 0.391 e. The number of hydrogen-bond donors (Lipinski definition) is 2. The standard InChI is InChI=1S/C23H22F2N2O2/c24-17-10-9-14(12-18(17)25)11-15-13-21(26-19-6-2-1-5-16(15)19)23(29)27-20-7-3-4-8-22(20)28/h1-2,5-6,9-10,12-13,20,22,28H,3-4,7-8,11H2,(H,27,29)/t20-,22-/m0/s1. The highest BCUT2D eigenvalue weighted by Crippen LogP contribution is 2.23. The Morgan fingerprint density at radius 2 is 1.86 bits per heavy atom. The lowest BCUT2D eigenvalue weighted by Gasteiger charge is -2.28. The number of benzene rings is 2. The predicted molar refractivity (Wildman–Crippen MR) is 107 cm³/mol. The Morgan fingerprint density at radius 3 is 2.66 bits per heavy atom. The Hall–Kier alpha value is -2.86. The molecule has 4 nitrogen and oxygen atoms in total. The van der Waals surface area contributed by atoms with Crippen molar-refractivity contribution >= 4 is 16.8 Å². The maximum Gasteiger partial charge on any atom is 0.270 e. The molecule has 29 heavy (non-hydrogen) atoms. The van der Waals surface area contributed by atoms with E-state index in [4.69, 9.17) is 0 Å². The highest BCUT2D eigenvalue weighted by Gasteiger charge is 2.25. The quantitative estimate of drug-likeness (QED) is 0.697. The van der Waals surface area contributed by atoms with Crippen LogP contribution in [-0.2, 0) is 6.42 Å². The van der Waals surface area contributed by atoms with Gasteiger partial charge in [-0.3, -0.25) is 4.79 Å². The highest BCUT2D eigenvalue weighted by atomic mass is 19.2. The summed E-state index contributed by atoms with van der Waals surface area (Å²) in [6.07, 6.45) is 3.14. The van der Waals surface area contributed by atoms with Crippen LogP contribution >= 0.6 is 0 Å². The molecule has 150 valence electrons. The molecule has 2 N–H and O–H groups in total. The third-order valence-corrected chi connectivity index (χ3v) is 5.46. The number of aliphatic hydroxyl groups is 1. The van der Waals surface area contributed by atoms with Crippen molar-refractivity contribution in [2.45, 2.75) is 44.2 Å². The summed E-state index contributed by atoms with van der Waals surface area (Å²) in [7, 11) is 0. The van der Waals surface area contributed by atoms with Gasteiger partial charge in [0.2, 0.25) is 0 Å². The van der Waals surface area contributed by atoms with Crippen LogP contribution in [0.5, 0.6) is 0 Å². The van der Waals surface area contributed by atoms with Crippen LogP contribution in [0.1, 0.15) is 47.3 Å². The Balaban J connectivity index is 1.66. The van der Waals surface area contributed by atoms with E-state index in [1.807, 2.05) is 24.3 Å². The van der Waals surface area contributed by atoms with E-state index in [1.165, 1.54) is 12.1 Å². The van der Waals surface area contributed by atoms with E-state index in [2.05, 4.69) is 10.3 Å². The van der Waals surface area contributed by atoms with Crippen molar-refractivity contribution in [3.63, 3.8) is 0 Å². The third-order valence-electron chi connectivity index (χ3n) is 5.46. The van der Waals surface area contributed by atoms with E-state index in [9.17, 15) is 18.7 Å². The summed E-state index contributed by atoms with van der Waals surface area (Å²) >= 11 is 0. The average Bonchev–Trinajstić information content (AvgIpc) is 2.72. The highest BCUT2D eigenvalue weighted by molar-refractivity contribution is 5.96. The smallest absolute Gasteiger partial charge is 0.270 e. The number of aromatic nitrogens is 1. The van der Waals surface area contributed by atoms with Crippen LogP contribution in [0, 0.1) is 11.6 Å². The average molecular weight is 396 g/mol. The van der Waals surface area contributed by atoms with Crippen molar-refractivity contribution in [3.05, 3.63) is 77.0 Å². The number of fused-ring (bicyclic) bond motifs is 1. The normalized spacial score (nSPS) is 19.3. The minimum Gasteiger partial charge on any atom is -0.391 e. The zero-order valence-electron chi connectivity index (χ0n) is 15.9. The first kappa shape index (κ1) is 19.5. The van der Waals surface area contributed by atoms with Gasteiger partial charge in [-0.2, -0.15) is 0 Å². The molecule has 1 aliphatic carbocycles. The summed E-state index contributed by atoms with van der Waals surface area (Å²) in [5.41, 5.74) is 2.31. The number of amides is 1. The van der Waals surface area contributed by atoms with Gasteiger partial charge < -0.3 is 10.4 Å². The van der Waals surface area contributed by atoms with Crippen LogP contribution in [0.4, 0.5) is 8.78 Å². The fraction of sp³-hybridized carbons (Fsp3) is 0.304. The predicted octanol–water partition coefficient (Wildman–Crippen LogP) is 4.14. The van der Waals surface area contributed by atoms with Crippen LogP contribution in [0.15, 0.2) is 48.5 Å². The molecule has 3 aromatic rings. The number of rotatable bonds is 4. The molecule has 0 aliphatic heterocycles. The molecule has 4 rings (SSSR count). The van der Waals surface area contributed by atoms with E-state index in [0.717, 1.165) is 36.3 Å². The number of halogens is 2. The number of para-hydroxylation sites is 1. The second kappa shape index (κ2) is 8.25. The lowest BCUT2D eigenvalue weighted by atomic mass is 9.92. The fourth-order valence-electron chi connectivity index (χ4n) is 3.90. The molecule has 0 saturated heterocycles. The maximum absolute atomic E-state index is 13.6. The van der Waals surface area contributed by atoms with Gasteiger partial charge in [0.25, 0.3) is 5.91 Å². The second-order valence-electron chi connectivity index (χ2n) is 7.54. The molecule has 0 unspecified atom stereocenters.